The van der Waals surface area contributed by atoms with Gasteiger partial charge in [0.25, 0.3) is 5.91 Å². The highest BCUT2D eigenvalue weighted by atomic mass is 35.5. The van der Waals surface area contributed by atoms with Gasteiger partial charge in [0.1, 0.15) is 6.10 Å². The van der Waals surface area contributed by atoms with Gasteiger partial charge in [0.15, 0.2) is 11.9 Å². The standard InChI is InChI=1S/C24H23Cl2NO4/c25-18-10-5-9-17(15-18)20-12-6-14-27(20)24(31)23(30)22(29)21(28)13-4-2-8-16-7-1-3-11-19(16)26/h1,3,5,7,9-11,15,20,22-23,29-30H,4,6,12-14H2/t20?,22-,23+/m0/s1. The number of aliphatic hydroxyl groups excluding tert-OH is 2. The van der Waals surface area contributed by atoms with Gasteiger partial charge in [0, 0.05) is 30.0 Å². The van der Waals surface area contributed by atoms with Crippen molar-refractivity contribution in [2.24, 2.45) is 0 Å². The van der Waals surface area contributed by atoms with Crippen molar-refractivity contribution in [2.45, 2.75) is 43.9 Å². The van der Waals surface area contributed by atoms with E-state index in [9.17, 15) is 19.8 Å². The minimum absolute atomic E-state index is 0.0827. The number of nitrogens with zero attached hydrogens (tertiary/aromatic N) is 1. The molecule has 1 aliphatic heterocycles. The van der Waals surface area contributed by atoms with Crippen LogP contribution >= 0.6 is 23.2 Å². The molecule has 0 spiro atoms. The average Bonchev–Trinajstić information content (AvgIpc) is 3.26. The van der Waals surface area contributed by atoms with Crippen LogP contribution in [0.4, 0.5) is 0 Å². The summed E-state index contributed by atoms with van der Waals surface area (Å²) < 4.78 is 0. The first-order chi connectivity index (χ1) is 14.9. The van der Waals surface area contributed by atoms with Gasteiger partial charge in [-0.15, -0.1) is 0 Å². The molecule has 5 nitrogen and oxygen atoms in total. The number of carbonyl (C=O) groups is 2. The van der Waals surface area contributed by atoms with Crippen molar-refractivity contribution in [3.63, 3.8) is 0 Å². The van der Waals surface area contributed by atoms with Crippen LogP contribution in [0.15, 0.2) is 48.5 Å². The number of rotatable bonds is 6. The van der Waals surface area contributed by atoms with E-state index in [0.717, 1.165) is 18.4 Å². The average molecular weight is 460 g/mol. The van der Waals surface area contributed by atoms with Crippen molar-refractivity contribution in [3.8, 4) is 11.8 Å². The Balaban J connectivity index is 1.58. The lowest BCUT2D eigenvalue weighted by molar-refractivity contribution is -0.153. The monoisotopic (exact) mass is 459 g/mol. The summed E-state index contributed by atoms with van der Waals surface area (Å²) in [6.45, 7) is 0.442. The number of Topliss-reactive ketones (excluding diaryl/α,β-unsaturated/α-hetero) is 1. The fourth-order valence-corrected chi connectivity index (χ4v) is 4.01. The van der Waals surface area contributed by atoms with Crippen molar-refractivity contribution < 1.29 is 19.8 Å². The first kappa shape index (κ1) is 23.3. The van der Waals surface area contributed by atoms with Gasteiger partial charge in [-0.2, -0.15) is 0 Å². The Morgan fingerprint density at radius 1 is 1.10 bits per heavy atom. The number of amides is 1. The van der Waals surface area contributed by atoms with E-state index >= 15 is 0 Å². The van der Waals surface area contributed by atoms with Gasteiger partial charge in [-0.05, 0) is 42.7 Å². The van der Waals surface area contributed by atoms with Crippen LogP contribution in [0.3, 0.4) is 0 Å². The third-order valence-electron chi connectivity index (χ3n) is 5.24. The van der Waals surface area contributed by atoms with Crippen molar-refractivity contribution in [2.75, 3.05) is 6.54 Å². The summed E-state index contributed by atoms with van der Waals surface area (Å²) in [6.07, 6.45) is -2.03. The van der Waals surface area contributed by atoms with E-state index in [2.05, 4.69) is 11.8 Å². The Labute approximate surface area is 191 Å². The van der Waals surface area contributed by atoms with Crippen LogP contribution < -0.4 is 0 Å². The zero-order valence-electron chi connectivity index (χ0n) is 16.8. The normalized spacial score (nSPS) is 17.5. The quantitative estimate of drug-likeness (QED) is 0.644. The Hall–Kier alpha value is -2.36. The molecule has 0 aromatic heterocycles. The summed E-state index contributed by atoms with van der Waals surface area (Å²) >= 11 is 12.1. The number of hydrogen-bond donors (Lipinski definition) is 2. The maximum Gasteiger partial charge on any atom is 0.255 e. The van der Waals surface area contributed by atoms with Crippen molar-refractivity contribution >= 4 is 34.9 Å². The molecule has 2 N–H and O–H groups in total. The second-order valence-electron chi connectivity index (χ2n) is 7.38. The maximum atomic E-state index is 12.8. The molecule has 1 amide bonds. The van der Waals surface area contributed by atoms with Crippen molar-refractivity contribution in [1.82, 2.24) is 4.90 Å². The second kappa shape index (κ2) is 10.8. The van der Waals surface area contributed by atoms with Gasteiger partial charge in [-0.3, -0.25) is 9.59 Å². The van der Waals surface area contributed by atoms with Crippen molar-refractivity contribution in [1.29, 1.82) is 0 Å². The van der Waals surface area contributed by atoms with E-state index < -0.39 is 23.9 Å². The Bertz CT molecular complexity index is 1010. The second-order valence-corrected chi connectivity index (χ2v) is 8.23. The highest BCUT2D eigenvalue weighted by Crippen LogP contribution is 2.33. The van der Waals surface area contributed by atoms with E-state index in [0.29, 0.717) is 22.2 Å². The molecule has 31 heavy (non-hydrogen) atoms. The fraction of sp³-hybridized carbons (Fsp3) is 0.333. The van der Waals surface area contributed by atoms with Crippen molar-refractivity contribution in [3.05, 3.63) is 69.7 Å². The highest BCUT2D eigenvalue weighted by Gasteiger charge is 2.38. The first-order valence-electron chi connectivity index (χ1n) is 10.1. The lowest BCUT2D eigenvalue weighted by Gasteiger charge is -2.28. The van der Waals surface area contributed by atoms with Crippen LogP contribution in [-0.4, -0.2) is 45.6 Å². The molecular formula is C24H23Cl2NO4. The number of ketones is 1. The topological polar surface area (TPSA) is 77.8 Å². The minimum Gasteiger partial charge on any atom is -0.382 e. The third-order valence-corrected chi connectivity index (χ3v) is 5.81. The van der Waals surface area contributed by atoms with E-state index in [-0.39, 0.29) is 18.9 Å². The molecule has 1 saturated heterocycles. The molecule has 0 saturated carbocycles. The molecule has 2 aromatic rings. The molecule has 3 atom stereocenters. The molecule has 1 aliphatic rings. The van der Waals surface area contributed by atoms with Crippen LogP contribution in [0.25, 0.3) is 0 Å². The fourth-order valence-electron chi connectivity index (χ4n) is 3.63. The number of halogens is 2. The summed E-state index contributed by atoms with van der Waals surface area (Å²) in [6, 6.07) is 14.0. The summed E-state index contributed by atoms with van der Waals surface area (Å²) in [5, 5.41) is 21.7. The molecule has 162 valence electrons. The molecule has 3 rings (SSSR count). The van der Waals surface area contributed by atoms with E-state index in [1.165, 1.54) is 4.90 Å². The molecule has 1 heterocycles. The molecule has 1 unspecified atom stereocenters. The van der Waals surface area contributed by atoms with Gasteiger partial charge in [0.2, 0.25) is 0 Å². The Kier molecular flexibility index (Phi) is 8.11. The third kappa shape index (κ3) is 5.87. The van der Waals surface area contributed by atoms with E-state index in [1.54, 1.807) is 36.4 Å². The number of aliphatic hydroxyl groups is 2. The summed E-state index contributed by atoms with van der Waals surface area (Å²) in [4.78, 5) is 26.6. The van der Waals surface area contributed by atoms with Crippen LogP contribution in [0.1, 0.15) is 42.9 Å². The predicted molar refractivity (Wildman–Crippen MR) is 120 cm³/mol. The minimum atomic E-state index is -1.82. The molecule has 2 aromatic carbocycles. The number of likely N-dealkylation sites (tertiary alicyclic amines) is 1. The van der Waals surface area contributed by atoms with E-state index in [4.69, 9.17) is 23.2 Å². The number of benzene rings is 2. The maximum absolute atomic E-state index is 12.8. The van der Waals surface area contributed by atoms with Crippen LogP contribution in [-0.2, 0) is 9.59 Å². The zero-order valence-corrected chi connectivity index (χ0v) is 18.3. The van der Waals surface area contributed by atoms with Crippen LogP contribution in [0, 0.1) is 11.8 Å². The lowest BCUT2D eigenvalue weighted by atomic mass is 10.0. The van der Waals surface area contributed by atoms with Gasteiger partial charge >= 0.3 is 0 Å². The summed E-state index contributed by atoms with van der Waals surface area (Å²) in [5.74, 6) is 4.40. The highest BCUT2D eigenvalue weighted by molar-refractivity contribution is 6.31. The summed E-state index contributed by atoms with van der Waals surface area (Å²) in [7, 11) is 0. The molecule has 0 aliphatic carbocycles. The van der Waals surface area contributed by atoms with Gasteiger partial charge < -0.3 is 15.1 Å². The SMILES string of the molecule is O=C(CCC#Cc1ccccc1Cl)[C@H](O)[C@@H](O)C(=O)N1CCCC1c1cccc(Cl)c1. The molecular weight excluding hydrogens is 437 g/mol. The van der Waals surface area contributed by atoms with Gasteiger partial charge in [-0.1, -0.05) is 59.3 Å². The Morgan fingerprint density at radius 2 is 1.87 bits per heavy atom. The number of carbonyl (C=O) groups excluding carboxylic acids is 2. The number of hydrogen-bond acceptors (Lipinski definition) is 4. The summed E-state index contributed by atoms with van der Waals surface area (Å²) in [5.41, 5.74) is 1.51. The smallest absolute Gasteiger partial charge is 0.255 e. The van der Waals surface area contributed by atoms with Crippen LogP contribution in [0.2, 0.25) is 10.0 Å². The predicted octanol–water partition coefficient (Wildman–Crippen LogP) is 3.78. The van der Waals surface area contributed by atoms with Gasteiger partial charge in [-0.25, -0.2) is 0 Å². The molecule has 0 radical (unpaired) electrons. The largest absolute Gasteiger partial charge is 0.382 e. The van der Waals surface area contributed by atoms with Gasteiger partial charge in [0.05, 0.1) is 11.1 Å². The first-order valence-corrected chi connectivity index (χ1v) is 10.8. The van der Waals surface area contributed by atoms with Crippen LogP contribution in [0.5, 0.6) is 0 Å². The molecule has 7 heteroatoms. The lowest BCUT2D eigenvalue weighted by Crippen LogP contribution is -2.47. The Morgan fingerprint density at radius 3 is 2.61 bits per heavy atom. The zero-order chi connectivity index (χ0) is 22.4. The molecule has 1 fully saturated rings. The van der Waals surface area contributed by atoms with E-state index in [1.807, 2.05) is 12.1 Å². The molecule has 0 bridgehead atoms.